The zero-order valence-electron chi connectivity index (χ0n) is 17.8. The molecule has 1 fully saturated rings. The SMILES string of the molecule is Cc1cc(OC2CCCN(C(=O)CCCN3C(=O)c4ccccc4C3=O)C2)nc(C)n1. The van der Waals surface area contributed by atoms with Gasteiger partial charge in [0.1, 0.15) is 11.9 Å². The standard InChI is InChI=1S/C23H26N4O4/c1-15-13-20(25-16(2)24-15)31-17-7-5-11-26(14-17)21(28)10-6-12-27-22(29)18-8-3-4-9-19(18)23(27)30/h3-4,8-9,13,17H,5-7,10-12,14H2,1-2H3. The predicted octanol–water partition coefficient (Wildman–Crippen LogP) is 2.54. The molecular formula is C23H26N4O4. The Morgan fingerprint density at radius 2 is 1.84 bits per heavy atom. The third-order valence-corrected chi connectivity index (χ3v) is 5.61. The molecule has 0 spiro atoms. The Labute approximate surface area is 181 Å². The van der Waals surface area contributed by atoms with Gasteiger partial charge < -0.3 is 9.64 Å². The third kappa shape index (κ3) is 4.57. The van der Waals surface area contributed by atoms with Crippen molar-refractivity contribution in [1.82, 2.24) is 19.8 Å². The molecule has 2 aromatic rings. The summed E-state index contributed by atoms with van der Waals surface area (Å²) >= 11 is 0. The molecule has 1 atom stereocenters. The van der Waals surface area contributed by atoms with Crippen molar-refractivity contribution in [2.45, 2.75) is 45.6 Å². The highest BCUT2D eigenvalue weighted by Crippen LogP contribution is 2.23. The van der Waals surface area contributed by atoms with Gasteiger partial charge in [-0.25, -0.2) is 4.98 Å². The van der Waals surface area contributed by atoms with Gasteiger partial charge in [-0.1, -0.05) is 12.1 Å². The molecule has 1 unspecified atom stereocenters. The van der Waals surface area contributed by atoms with Crippen molar-refractivity contribution >= 4 is 17.7 Å². The molecule has 0 radical (unpaired) electrons. The van der Waals surface area contributed by atoms with Gasteiger partial charge in [0.25, 0.3) is 11.8 Å². The lowest BCUT2D eigenvalue weighted by molar-refractivity contribution is -0.134. The Morgan fingerprint density at radius 3 is 2.52 bits per heavy atom. The molecule has 1 saturated heterocycles. The number of amides is 3. The van der Waals surface area contributed by atoms with Crippen molar-refractivity contribution in [3.63, 3.8) is 0 Å². The van der Waals surface area contributed by atoms with Gasteiger partial charge in [-0.3, -0.25) is 19.3 Å². The van der Waals surface area contributed by atoms with E-state index in [1.54, 1.807) is 35.2 Å². The van der Waals surface area contributed by atoms with Crippen LogP contribution in [0, 0.1) is 13.8 Å². The Balaban J connectivity index is 1.28. The fourth-order valence-electron chi connectivity index (χ4n) is 4.16. The largest absolute Gasteiger partial charge is 0.472 e. The highest BCUT2D eigenvalue weighted by atomic mass is 16.5. The number of likely N-dealkylation sites (tertiary alicyclic amines) is 1. The Kier molecular flexibility index (Phi) is 5.97. The van der Waals surface area contributed by atoms with Gasteiger partial charge in [-0.15, -0.1) is 0 Å². The van der Waals surface area contributed by atoms with Crippen LogP contribution in [0.4, 0.5) is 0 Å². The molecule has 0 aliphatic carbocycles. The van der Waals surface area contributed by atoms with Crippen molar-refractivity contribution in [3.8, 4) is 5.88 Å². The molecule has 0 bridgehead atoms. The summed E-state index contributed by atoms with van der Waals surface area (Å²) in [6, 6.07) is 8.62. The van der Waals surface area contributed by atoms with E-state index in [1.165, 1.54) is 4.90 Å². The molecule has 3 heterocycles. The maximum Gasteiger partial charge on any atom is 0.261 e. The fourth-order valence-corrected chi connectivity index (χ4v) is 4.16. The molecule has 0 N–H and O–H groups in total. The molecule has 2 aliphatic rings. The zero-order valence-corrected chi connectivity index (χ0v) is 17.8. The van der Waals surface area contributed by atoms with Crippen LogP contribution in [0.3, 0.4) is 0 Å². The second-order valence-corrected chi connectivity index (χ2v) is 8.03. The number of hydrogen-bond donors (Lipinski definition) is 0. The van der Waals surface area contributed by atoms with E-state index in [2.05, 4.69) is 9.97 Å². The van der Waals surface area contributed by atoms with Crippen LogP contribution in [0.5, 0.6) is 5.88 Å². The van der Waals surface area contributed by atoms with Gasteiger partial charge in [0.05, 0.1) is 17.7 Å². The summed E-state index contributed by atoms with van der Waals surface area (Å²) in [6.07, 6.45) is 2.34. The molecule has 1 aromatic carbocycles. The molecule has 8 heteroatoms. The minimum Gasteiger partial charge on any atom is -0.472 e. The van der Waals surface area contributed by atoms with E-state index < -0.39 is 0 Å². The number of aryl methyl sites for hydroxylation is 2. The van der Waals surface area contributed by atoms with Crippen molar-refractivity contribution in [2.75, 3.05) is 19.6 Å². The van der Waals surface area contributed by atoms with Crippen molar-refractivity contribution in [2.24, 2.45) is 0 Å². The maximum absolute atomic E-state index is 12.7. The first-order valence-corrected chi connectivity index (χ1v) is 10.6. The molecule has 4 rings (SSSR count). The van der Waals surface area contributed by atoms with Crippen LogP contribution in [-0.2, 0) is 4.79 Å². The summed E-state index contributed by atoms with van der Waals surface area (Å²) < 4.78 is 6.00. The monoisotopic (exact) mass is 422 g/mol. The predicted molar refractivity (Wildman–Crippen MR) is 113 cm³/mol. The number of piperidine rings is 1. The number of nitrogens with zero attached hydrogens (tertiary/aromatic N) is 4. The number of rotatable bonds is 6. The quantitative estimate of drug-likeness (QED) is 0.665. The summed E-state index contributed by atoms with van der Waals surface area (Å²) in [7, 11) is 0. The highest BCUT2D eigenvalue weighted by molar-refractivity contribution is 6.21. The molecule has 8 nitrogen and oxygen atoms in total. The van der Waals surface area contributed by atoms with Gasteiger partial charge in [0, 0.05) is 31.3 Å². The van der Waals surface area contributed by atoms with Gasteiger partial charge >= 0.3 is 0 Å². The number of carbonyl (C=O) groups is 3. The van der Waals surface area contributed by atoms with E-state index in [0.29, 0.717) is 42.3 Å². The molecule has 2 aliphatic heterocycles. The number of hydrogen-bond acceptors (Lipinski definition) is 6. The molecule has 3 amide bonds. The van der Waals surface area contributed by atoms with Crippen LogP contribution >= 0.6 is 0 Å². The van der Waals surface area contributed by atoms with Crippen LogP contribution in [0.1, 0.15) is 57.9 Å². The van der Waals surface area contributed by atoms with E-state index in [-0.39, 0.29) is 36.8 Å². The van der Waals surface area contributed by atoms with E-state index in [4.69, 9.17) is 4.74 Å². The van der Waals surface area contributed by atoms with E-state index >= 15 is 0 Å². The number of carbonyl (C=O) groups excluding carboxylic acids is 3. The topological polar surface area (TPSA) is 92.7 Å². The first kappa shape index (κ1) is 21.0. The van der Waals surface area contributed by atoms with Gasteiger partial charge in [-0.2, -0.15) is 4.98 Å². The third-order valence-electron chi connectivity index (χ3n) is 5.61. The Hall–Kier alpha value is -3.29. The second-order valence-electron chi connectivity index (χ2n) is 8.03. The Bertz CT molecular complexity index is 967. The number of aromatic nitrogens is 2. The fraction of sp³-hybridized carbons (Fsp3) is 0.435. The van der Waals surface area contributed by atoms with Crippen molar-refractivity contribution in [1.29, 1.82) is 0 Å². The van der Waals surface area contributed by atoms with Crippen LogP contribution < -0.4 is 4.74 Å². The smallest absolute Gasteiger partial charge is 0.261 e. The lowest BCUT2D eigenvalue weighted by Crippen LogP contribution is -2.44. The minimum atomic E-state index is -0.282. The number of ether oxygens (including phenoxy) is 1. The van der Waals surface area contributed by atoms with Crippen LogP contribution in [0.25, 0.3) is 0 Å². The molecule has 1 aromatic heterocycles. The van der Waals surface area contributed by atoms with Gasteiger partial charge in [-0.05, 0) is 45.2 Å². The average Bonchev–Trinajstić information content (AvgIpc) is 2.98. The normalized spacial score (nSPS) is 18.3. The number of fused-ring (bicyclic) bond motifs is 1. The minimum absolute atomic E-state index is 0.0138. The van der Waals surface area contributed by atoms with E-state index in [0.717, 1.165) is 18.5 Å². The summed E-state index contributed by atoms with van der Waals surface area (Å²) in [5.74, 6) is 0.645. The van der Waals surface area contributed by atoms with E-state index in [9.17, 15) is 14.4 Å². The van der Waals surface area contributed by atoms with Crippen LogP contribution in [0.2, 0.25) is 0 Å². The second kappa shape index (κ2) is 8.83. The number of benzene rings is 1. The number of imide groups is 1. The van der Waals surface area contributed by atoms with Crippen LogP contribution in [0.15, 0.2) is 30.3 Å². The van der Waals surface area contributed by atoms with Crippen LogP contribution in [-0.4, -0.2) is 63.2 Å². The average molecular weight is 422 g/mol. The summed E-state index contributed by atoms with van der Waals surface area (Å²) in [6.45, 7) is 5.16. The van der Waals surface area contributed by atoms with Crippen molar-refractivity contribution in [3.05, 3.63) is 53.0 Å². The van der Waals surface area contributed by atoms with Crippen molar-refractivity contribution < 1.29 is 19.1 Å². The molecule has 162 valence electrons. The highest BCUT2D eigenvalue weighted by Gasteiger charge is 2.34. The first-order valence-electron chi connectivity index (χ1n) is 10.6. The summed E-state index contributed by atoms with van der Waals surface area (Å²) in [5.41, 5.74) is 1.72. The lowest BCUT2D eigenvalue weighted by atomic mass is 10.1. The summed E-state index contributed by atoms with van der Waals surface area (Å²) in [4.78, 5) is 49.2. The molecule has 0 saturated carbocycles. The van der Waals surface area contributed by atoms with Gasteiger partial charge in [0.2, 0.25) is 11.8 Å². The van der Waals surface area contributed by atoms with Gasteiger partial charge in [0.15, 0.2) is 0 Å². The summed E-state index contributed by atoms with van der Waals surface area (Å²) in [5, 5.41) is 0. The first-order chi connectivity index (χ1) is 14.9. The molecule has 31 heavy (non-hydrogen) atoms. The molecular weight excluding hydrogens is 396 g/mol. The zero-order chi connectivity index (χ0) is 22.0. The van der Waals surface area contributed by atoms with E-state index in [1.807, 2.05) is 13.8 Å². The lowest BCUT2D eigenvalue weighted by Gasteiger charge is -2.33. The Morgan fingerprint density at radius 1 is 1.13 bits per heavy atom. The maximum atomic E-state index is 12.7.